The minimum Gasteiger partial charge on any atom is -0.508 e. The Hall–Kier alpha value is -1.69. The molecule has 6 heteroatoms. The molecule has 0 atom stereocenters. The van der Waals surface area contributed by atoms with Crippen molar-refractivity contribution >= 4 is 21.7 Å². The monoisotopic (exact) mass is 339 g/mol. The number of hydrogen-bond donors (Lipinski definition) is 2. The molecule has 0 unspecified atom stereocenters. The number of nitrogens with two attached hydrogens (primary N) is 1. The molecule has 2 rings (SSSR count). The van der Waals surface area contributed by atoms with E-state index in [0.717, 1.165) is 18.2 Å². The van der Waals surface area contributed by atoms with E-state index in [0.29, 0.717) is 27.6 Å². The van der Waals surface area contributed by atoms with Crippen LogP contribution in [0.2, 0.25) is 0 Å². The van der Waals surface area contributed by atoms with Crippen molar-refractivity contribution in [2.45, 2.75) is 20.3 Å². The van der Waals surface area contributed by atoms with Gasteiger partial charge in [0.05, 0.1) is 10.2 Å². The molecule has 0 aliphatic heterocycles. The van der Waals surface area contributed by atoms with Gasteiger partial charge in [0.25, 0.3) is 0 Å². The summed E-state index contributed by atoms with van der Waals surface area (Å²) in [7, 11) is 0. The summed E-state index contributed by atoms with van der Waals surface area (Å²) in [6.07, 6.45) is 0.724. The maximum atomic E-state index is 13.3. The summed E-state index contributed by atoms with van der Waals surface area (Å²) in [4.78, 5) is 8.55. The molecule has 1 aromatic carbocycles. The number of phenolic OH excluding ortho intramolecular Hbond substituents is 1. The molecule has 3 N–H and O–H groups in total. The van der Waals surface area contributed by atoms with Gasteiger partial charge in [-0.05, 0) is 40.4 Å². The molecule has 0 amide bonds. The van der Waals surface area contributed by atoms with Gasteiger partial charge < -0.3 is 10.8 Å². The Balaban J connectivity index is 2.54. The third-order valence-electron chi connectivity index (χ3n) is 2.69. The maximum Gasteiger partial charge on any atom is 0.162 e. The molecule has 0 saturated carbocycles. The number of rotatable bonds is 3. The summed E-state index contributed by atoms with van der Waals surface area (Å²) >= 11 is 3.37. The quantitative estimate of drug-likeness (QED) is 0.897. The zero-order valence-electron chi connectivity index (χ0n) is 11.2. The van der Waals surface area contributed by atoms with Gasteiger partial charge >= 0.3 is 0 Å². The van der Waals surface area contributed by atoms with Gasteiger partial charge in [0.1, 0.15) is 17.4 Å². The molecule has 0 bridgehead atoms. The molecule has 106 valence electrons. The fraction of sp³-hybridized carbons (Fsp3) is 0.286. The lowest BCUT2D eigenvalue weighted by atomic mass is 10.1. The van der Waals surface area contributed by atoms with Crippen LogP contribution in [0.25, 0.3) is 11.4 Å². The standard InChI is InChI=1S/C14H15BrFN3O/c1-7(2)3-11-12(15)13(17)19-14(18-11)8-4-9(16)6-10(20)5-8/h4-7,20H,3H2,1-2H3,(H2,17,18,19). The van der Waals surface area contributed by atoms with Crippen molar-refractivity contribution in [1.82, 2.24) is 9.97 Å². The van der Waals surface area contributed by atoms with Gasteiger partial charge in [0.15, 0.2) is 5.82 Å². The van der Waals surface area contributed by atoms with Crippen LogP contribution in [0.4, 0.5) is 10.2 Å². The van der Waals surface area contributed by atoms with Crippen molar-refractivity contribution in [3.63, 3.8) is 0 Å². The normalized spacial score (nSPS) is 11.1. The van der Waals surface area contributed by atoms with Crippen molar-refractivity contribution < 1.29 is 9.50 Å². The highest BCUT2D eigenvalue weighted by atomic mass is 79.9. The Labute approximate surface area is 125 Å². The molecule has 0 radical (unpaired) electrons. The first-order valence-corrected chi connectivity index (χ1v) is 6.98. The van der Waals surface area contributed by atoms with Gasteiger partial charge in [-0.15, -0.1) is 0 Å². The molecular weight excluding hydrogens is 325 g/mol. The van der Waals surface area contributed by atoms with Crippen molar-refractivity contribution in [2.24, 2.45) is 5.92 Å². The second-order valence-electron chi connectivity index (χ2n) is 4.99. The van der Waals surface area contributed by atoms with Crippen LogP contribution in [0.1, 0.15) is 19.5 Å². The molecule has 0 aliphatic rings. The fourth-order valence-corrected chi connectivity index (χ4v) is 2.21. The smallest absolute Gasteiger partial charge is 0.162 e. The molecule has 0 aliphatic carbocycles. The average molecular weight is 340 g/mol. The van der Waals surface area contributed by atoms with Gasteiger partial charge in [0, 0.05) is 11.6 Å². The molecular formula is C14H15BrFN3O. The number of benzene rings is 1. The highest BCUT2D eigenvalue weighted by Gasteiger charge is 2.14. The summed E-state index contributed by atoms with van der Waals surface area (Å²) < 4.78 is 14.0. The van der Waals surface area contributed by atoms with E-state index in [1.165, 1.54) is 12.1 Å². The first-order chi connectivity index (χ1) is 9.36. The summed E-state index contributed by atoms with van der Waals surface area (Å²) in [5, 5.41) is 9.46. The molecule has 0 fully saturated rings. The van der Waals surface area contributed by atoms with E-state index < -0.39 is 5.82 Å². The van der Waals surface area contributed by atoms with Crippen LogP contribution in [-0.4, -0.2) is 15.1 Å². The number of anilines is 1. The molecule has 20 heavy (non-hydrogen) atoms. The Morgan fingerprint density at radius 2 is 2.00 bits per heavy atom. The Morgan fingerprint density at radius 3 is 2.60 bits per heavy atom. The van der Waals surface area contributed by atoms with Crippen molar-refractivity contribution in [3.8, 4) is 17.1 Å². The van der Waals surface area contributed by atoms with E-state index >= 15 is 0 Å². The Bertz CT molecular complexity index is 626. The predicted molar refractivity (Wildman–Crippen MR) is 79.7 cm³/mol. The van der Waals surface area contributed by atoms with Crippen LogP contribution in [0.15, 0.2) is 22.7 Å². The second-order valence-corrected chi connectivity index (χ2v) is 5.78. The highest BCUT2D eigenvalue weighted by molar-refractivity contribution is 9.10. The summed E-state index contributed by atoms with van der Waals surface area (Å²) in [5.74, 6) is 0.283. The van der Waals surface area contributed by atoms with Gasteiger partial charge in [-0.3, -0.25) is 0 Å². The molecule has 1 aromatic heterocycles. The first-order valence-electron chi connectivity index (χ1n) is 6.18. The highest BCUT2D eigenvalue weighted by Crippen LogP contribution is 2.28. The SMILES string of the molecule is CC(C)Cc1nc(-c2cc(O)cc(F)c2)nc(N)c1Br. The van der Waals surface area contributed by atoms with Crippen LogP contribution in [0.3, 0.4) is 0 Å². The van der Waals surface area contributed by atoms with E-state index in [1.807, 2.05) is 0 Å². The average Bonchev–Trinajstić information content (AvgIpc) is 2.32. The van der Waals surface area contributed by atoms with Crippen LogP contribution < -0.4 is 5.73 Å². The zero-order valence-corrected chi connectivity index (χ0v) is 12.8. The minimum atomic E-state index is -0.546. The number of phenols is 1. The Morgan fingerprint density at radius 1 is 1.30 bits per heavy atom. The number of aromatic hydroxyl groups is 1. The van der Waals surface area contributed by atoms with Crippen molar-refractivity contribution in [2.75, 3.05) is 5.73 Å². The number of aromatic nitrogens is 2. The van der Waals surface area contributed by atoms with Crippen LogP contribution >= 0.6 is 15.9 Å². The fourth-order valence-electron chi connectivity index (χ4n) is 1.87. The van der Waals surface area contributed by atoms with Crippen LogP contribution in [0.5, 0.6) is 5.75 Å². The van der Waals surface area contributed by atoms with E-state index in [1.54, 1.807) is 0 Å². The van der Waals surface area contributed by atoms with Gasteiger partial charge in [-0.1, -0.05) is 13.8 Å². The lowest BCUT2D eigenvalue weighted by Gasteiger charge is -2.11. The number of nitrogen functional groups attached to an aromatic ring is 1. The summed E-state index contributed by atoms with van der Waals surface area (Å²) in [6.45, 7) is 4.14. The molecule has 0 saturated heterocycles. The van der Waals surface area contributed by atoms with Gasteiger partial charge in [0.2, 0.25) is 0 Å². The topological polar surface area (TPSA) is 72.0 Å². The zero-order chi connectivity index (χ0) is 14.9. The first kappa shape index (κ1) is 14.7. The number of nitrogens with zero attached hydrogens (tertiary/aromatic N) is 2. The molecule has 1 heterocycles. The Kier molecular flexibility index (Phi) is 4.23. The van der Waals surface area contributed by atoms with Gasteiger partial charge in [-0.25, -0.2) is 14.4 Å². The minimum absolute atomic E-state index is 0.171. The molecule has 4 nitrogen and oxygen atoms in total. The van der Waals surface area contributed by atoms with Crippen LogP contribution in [-0.2, 0) is 6.42 Å². The molecule has 0 spiro atoms. The largest absolute Gasteiger partial charge is 0.508 e. The number of hydrogen-bond acceptors (Lipinski definition) is 4. The van der Waals surface area contributed by atoms with Crippen molar-refractivity contribution in [3.05, 3.63) is 34.2 Å². The van der Waals surface area contributed by atoms with E-state index in [9.17, 15) is 9.50 Å². The van der Waals surface area contributed by atoms with Crippen molar-refractivity contribution in [1.29, 1.82) is 0 Å². The predicted octanol–water partition coefficient (Wildman–Crippen LogP) is 3.53. The summed E-state index contributed by atoms with van der Waals surface area (Å²) in [5.41, 5.74) is 7.02. The van der Waals surface area contributed by atoms with E-state index in [4.69, 9.17) is 5.73 Å². The maximum absolute atomic E-state index is 13.3. The van der Waals surface area contributed by atoms with Gasteiger partial charge in [-0.2, -0.15) is 0 Å². The summed E-state index contributed by atoms with van der Waals surface area (Å²) in [6, 6.07) is 3.70. The van der Waals surface area contributed by atoms with E-state index in [-0.39, 0.29) is 5.75 Å². The van der Waals surface area contributed by atoms with E-state index in [2.05, 4.69) is 39.7 Å². The second kappa shape index (κ2) is 5.75. The third kappa shape index (κ3) is 3.25. The lowest BCUT2D eigenvalue weighted by molar-refractivity contribution is 0.469. The molecule has 2 aromatic rings. The van der Waals surface area contributed by atoms with Crippen LogP contribution in [0, 0.1) is 11.7 Å². The number of halogens is 2. The third-order valence-corrected chi connectivity index (χ3v) is 3.55. The lowest BCUT2D eigenvalue weighted by Crippen LogP contribution is -2.05.